The maximum absolute atomic E-state index is 12.3. The lowest BCUT2D eigenvalue weighted by Crippen LogP contribution is -1.73. The fraction of sp³-hybridized carbons (Fsp3) is 0. The van der Waals surface area contributed by atoms with Crippen molar-refractivity contribution in [2.45, 2.75) is 0 Å². The van der Waals surface area contributed by atoms with Crippen molar-refractivity contribution >= 4 is 13.9 Å². The van der Waals surface area contributed by atoms with Crippen LogP contribution in [0.25, 0.3) is 6.08 Å². The molecule has 2 heteroatoms. The van der Waals surface area contributed by atoms with Gasteiger partial charge in [-0.15, -0.1) is 5.98 Å². The summed E-state index contributed by atoms with van der Waals surface area (Å²) >= 11 is 0. The van der Waals surface area contributed by atoms with Crippen molar-refractivity contribution in [1.29, 1.82) is 0 Å². The minimum Gasteiger partial charge on any atom is -0.207 e. The number of hydrogen-bond acceptors (Lipinski definition) is 0. The Morgan fingerprint density at radius 1 is 1.20 bits per heavy atom. The van der Waals surface area contributed by atoms with Crippen LogP contribution in [-0.2, 0) is 0 Å². The van der Waals surface area contributed by atoms with Gasteiger partial charge >= 0.3 is 0 Å². The van der Waals surface area contributed by atoms with E-state index in [4.69, 9.17) is 0 Å². The maximum atomic E-state index is 12.3. The second-order valence-electron chi connectivity index (χ2n) is 2.05. The number of benzene rings is 1. The highest BCUT2D eigenvalue weighted by molar-refractivity contribution is 6.19. The Labute approximate surface area is 60.8 Å². The van der Waals surface area contributed by atoms with Crippen molar-refractivity contribution in [3.05, 3.63) is 41.6 Å². The smallest absolute Gasteiger partial charge is 0.129 e. The predicted molar refractivity (Wildman–Crippen MR) is 44.0 cm³/mol. The van der Waals surface area contributed by atoms with Crippen molar-refractivity contribution in [3.63, 3.8) is 0 Å². The minimum atomic E-state index is -0.187. The van der Waals surface area contributed by atoms with E-state index in [0.29, 0.717) is 0 Å². The van der Waals surface area contributed by atoms with Crippen molar-refractivity contribution in [2.24, 2.45) is 0 Å². The second kappa shape index (κ2) is 3.21. The van der Waals surface area contributed by atoms with Crippen LogP contribution in [0.2, 0.25) is 0 Å². The highest BCUT2D eigenvalue weighted by atomic mass is 19.1. The van der Waals surface area contributed by atoms with Gasteiger partial charge in [-0.25, -0.2) is 4.39 Å². The predicted octanol–water partition coefficient (Wildman–Crippen LogP) is 1.43. The molecule has 0 aliphatic rings. The summed E-state index contributed by atoms with van der Waals surface area (Å²) in [4.78, 5) is 0. The van der Waals surface area contributed by atoms with E-state index in [-0.39, 0.29) is 5.82 Å². The first-order chi connectivity index (χ1) is 4.83. The minimum absolute atomic E-state index is 0.187. The molecular weight excluding hydrogens is 126 g/mol. The van der Waals surface area contributed by atoms with Crippen molar-refractivity contribution in [2.75, 3.05) is 0 Å². The van der Waals surface area contributed by atoms with Gasteiger partial charge in [0.05, 0.1) is 0 Å². The second-order valence-corrected chi connectivity index (χ2v) is 2.05. The van der Waals surface area contributed by atoms with Crippen molar-refractivity contribution < 1.29 is 4.39 Å². The first kappa shape index (κ1) is 7.07. The Hall–Kier alpha value is -1.05. The van der Waals surface area contributed by atoms with Crippen LogP contribution in [0.4, 0.5) is 4.39 Å². The van der Waals surface area contributed by atoms with Gasteiger partial charge in [-0.1, -0.05) is 18.2 Å². The zero-order valence-electron chi connectivity index (χ0n) is 5.84. The molecule has 0 aromatic heterocycles. The summed E-state index contributed by atoms with van der Waals surface area (Å²) in [7, 11) is 1.93. The summed E-state index contributed by atoms with van der Waals surface area (Å²) in [6.07, 6.45) is 1.93. The Balaban J connectivity index is 2.89. The first-order valence-corrected chi connectivity index (χ1v) is 3.21. The zero-order chi connectivity index (χ0) is 7.40. The Morgan fingerprint density at radius 3 is 2.30 bits per heavy atom. The third-order valence-electron chi connectivity index (χ3n) is 1.23. The largest absolute Gasteiger partial charge is 0.207 e. The highest BCUT2D eigenvalue weighted by Gasteiger charge is 1.86. The average Bonchev–Trinajstić information content (AvgIpc) is 1.95. The molecule has 0 aliphatic carbocycles. The zero-order valence-corrected chi connectivity index (χ0v) is 5.84. The summed E-state index contributed by atoms with van der Waals surface area (Å²) in [6.45, 7) is 0. The van der Waals surface area contributed by atoms with Crippen LogP contribution < -0.4 is 0 Å². The van der Waals surface area contributed by atoms with E-state index >= 15 is 0 Å². The number of hydrogen-bond donors (Lipinski definition) is 0. The van der Waals surface area contributed by atoms with Gasteiger partial charge in [0.2, 0.25) is 0 Å². The SMILES string of the molecule is BC=Cc1ccc(F)cc1. The number of halogens is 1. The molecule has 0 atom stereocenters. The molecule has 0 saturated heterocycles. The molecule has 1 aromatic rings. The maximum Gasteiger partial charge on any atom is 0.129 e. The molecule has 0 bridgehead atoms. The van der Waals surface area contributed by atoms with E-state index < -0.39 is 0 Å². The lowest BCUT2D eigenvalue weighted by atomic mass is 10.1. The Morgan fingerprint density at radius 2 is 1.80 bits per heavy atom. The first-order valence-electron chi connectivity index (χ1n) is 3.21. The lowest BCUT2D eigenvalue weighted by Gasteiger charge is -1.90. The van der Waals surface area contributed by atoms with Gasteiger partial charge in [-0.2, -0.15) is 0 Å². The molecule has 0 amide bonds. The summed E-state index contributed by atoms with van der Waals surface area (Å²) < 4.78 is 12.3. The van der Waals surface area contributed by atoms with Gasteiger partial charge in [0.25, 0.3) is 0 Å². The summed E-state index contributed by atoms with van der Waals surface area (Å²) in [6, 6.07) is 6.40. The van der Waals surface area contributed by atoms with E-state index in [1.165, 1.54) is 12.1 Å². The van der Waals surface area contributed by atoms with E-state index in [1.54, 1.807) is 12.1 Å². The van der Waals surface area contributed by atoms with Gasteiger partial charge in [0, 0.05) is 0 Å². The van der Waals surface area contributed by atoms with Gasteiger partial charge < -0.3 is 0 Å². The van der Waals surface area contributed by atoms with Crippen molar-refractivity contribution in [3.8, 4) is 0 Å². The summed E-state index contributed by atoms with van der Waals surface area (Å²) in [5, 5.41) is 0. The molecule has 0 radical (unpaired) electrons. The quantitative estimate of drug-likeness (QED) is 0.509. The van der Waals surface area contributed by atoms with Crippen LogP contribution in [0.3, 0.4) is 0 Å². The van der Waals surface area contributed by atoms with Crippen LogP contribution >= 0.6 is 0 Å². The normalized spacial score (nSPS) is 10.5. The average molecular weight is 134 g/mol. The molecule has 50 valence electrons. The van der Waals surface area contributed by atoms with Crippen LogP contribution in [0.5, 0.6) is 0 Å². The fourth-order valence-corrected chi connectivity index (χ4v) is 0.766. The standard InChI is InChI=1S/C8H8BF/c9-6-5-7-1-3-8(10)4-2-7/h1-6H,9H2. The third-order valence-corrected chi connectivity index (χ3v) is 1.23. The van der Waals surface area contributed by atoms with Gasteiger partial charge in [-0.3, -0.25) is 0 Å². The van der Waals surface area contributed by atoms with Crippen LogP contribution in [0.1, 0.15) is 5.56 Å². The molecule has 1 rings (SSSR count). The van der Waals surface area contributed by atoms with Gasteiger partial charge in [0.1, 0.15) is 13.7 Å². The molecule has 0 N–H and O–H groups in total. The molecule has 0 fully saturated rings. The monoisotopic (exact) mass is 134 g/mol. The van der Waals surface area contributed by atoms with Crippen LogP contribution in [0.15, 0.2) is 30.2 Å². The molecular formula is C8H8BF. The lowest BCUT2D eigenvalue weighted by molar-refractivity contribution is 0.628. The van der Waals surface area contributed by atoms with E-state index in [1.807, 2.05) is 19.9 Å². The fourth-order valence-electron chi connectivity index (χ4n) is 0.766. The van der Waals surface area contributed by atoms with Crippen LogP contribution in [-0.4, -0.2) is 7.85 Å². The molecule has 10 heavy (non-hydrogen) atoms. The topological polar surface area (TPSA) is 0 Å². The van der Waals surface area contributed by atoms with E-state index in [0.717, 1.165) is 5.56 Å². The van der Waals surface area contributed by atoms with E-state index in [2.05, 4.69) is 0 Å². The highest BCUT2D eigenvalue weighted by Crippen LogP contribution is 2.03. The van der Waals surface area contributed by atoms with Gasteiger partial charge in [0.15, 0.2) is 0 Å². The van der Waals surface area contributed by atoms with Gasteiger partial charge in [-0.05, 0) is 17.7 Å². The molecule has 0 aliphatic heterocycles. The molecule has 0 saturated carbocycles. The number of rotatable bonds is 1. The van der Waals surface area contributed by atoms with Crippen LogP contribution in [0, 0.1) is 5.82 Å². The molecule has 0 nitrogen and oxygen atoms in total. The molecule has 0 heterocycles. The summed E-state index contributed by atoms with van der Waals surface area (Å²) in [5.41, 5.74) is 1.03. The van der Waals surface area contributed by atoms with E-state index in [9.17, 15) is 4.39 Å². The Bertz CT molecular complexity index is 226. The molecule has 1 aromatic carbocycles. The summed E-state index contributed by atoms with van der Waals surface area (Å²) in [5.74, 6) is 1.74. The Kier molecular flexibility index (Phi) is 2.27. The molecule has 0 spiro atoms. The molecule has 0 unspecified atom stereocenters. The van der Waals surface area contributed by atoms with Crippen molar-refractivity contribution in [1.82, 2.24) is 0 Å². The third kappa shape index (κ3) is 1.73.